The van der Waals surface area contributed by atoms with Crippen molar-refractivity contribution in [1.29, 1.82) is 15.8 Å². The maximum absolute atomic E-state index is 10.1. The van der Waals surface area contributed by atoms with E-state index in [0.717, 1.165) is 55.4 Å². The third-order valence-corrected chi connectivity index (χ3v) is 9.63. The van der Waals surface area contributed by atoms with Gasteiger partial charge in [0.25, 0.3) is 0 Å². The molecule has 0 fully saturated rings. The molecule has 0 spiro atoms. The predicted octanol–water partition coefficient (Wildman–Crippen LogP) is 10.8. The maximum atomic E-state index is 10.1. The first-order chi connectivity index (χ1) is 24.7. The molecule has 0 aliphatic carbocycles. The van der Waals surface area contributed by atoms with Crippen molar-refractivity contribution in [3.63, 3.8) is 0 Å². The third-order valence-electron chi connectivity index (χ3n) is 9.63. The molecular weight excluding hydrogens is 611 g/mol. The number of rotatable bonds is 4. The minimum absolute atomic E-state index is 0.308. The summed E-state index contributed by atoms with van der Waals surface area (Å²) in [5.41, 5.74) is 11.1. The molecule has 0 bridgehead atoms. The summed E-state index contributed by atoms with van der Waals surface area (Å²) in [6.07, 6.45) is 0. The van der Waals surface area contributed by atoms with Gasteiger partial charge >= 0.3 is 0 Å². The molecule has 0 saturated heterocycles. The Morgan fingerprint density at radius 2 is 0.940 bits per heavy atom. The van der Waals surface area contributed by atoms with Crippen LogP contribution in [0.3, 0.4) is 0 Å². The minimum Gasteiger partial charge on any atom is -0.309 e. The fourth-order valence-electron chi connectivity index (χ4n) is 7.36. The largest absolute Gasteiger partial charge is 0.309 e. The topological polar surface area (TPSA) is 81.2 Å². The second-order valence-corrected chi connectivity index (χ2v) is 12.3. The number of fused-ring (bicyclic) bond motifs is 6. The number of hydrogen-bond donors (Lipinski definition) is 0. The monoisotopic (exact) mass is 635 g/mol. The first kappa shape index (κ1) is 28.8. The van der Waals surface area contributed by atoms with E-state index in [4.69, 9.17) is 0 Å². The van der Waals surface area contributed by atoms with Crippen LogP contribution >= 0.6 is 0 Å². The van der Waals surface area contributed by atoms with Crippen molar-refractivity contribution in [2.45, 2.75) is 0 Å². The summed E-state index contributed by atoms with van der Waals surface area (Å²) in [6.45, 7) is 0. The van der Waals surface area contributed by atoms with Crippen molar-refractivity contribution >= 4 is 43.6 Å². The number of nitrogens with zero attached hydrogens (tertiary/aromatic N) is 5. The highest BCUT2D eigenvalue weighted by molar-refractivity contribution is 6.11. The molecule has 2 heterocycles. The van der Waals surface area contributed by atoms with Crippen LogP contribution in [0.1, 0.15) is 16.7 Å². The third kappa shape index (κ3) is 4.38. The lowest BCUT2D eigenvalue weighted by atomic mass is 9.94. The highest BCUT2D eigenvalue weighted by atomic mass is 15.0. The number of aromatic nitrogens is 2. The van der Waals surface area contributed by atoms with Gasteiger partial charge in [0.2, 0.25) is 0 Å². The smallest absolute Gasteiger partial charge is 0.101 e. The van der Waals surface area contributed by atoms with Gasteiger partial charge in [-0.25, -0.2) is 0 Å². The summed E-state index contributed by atoms with van der Waals surface area (Å²) in [4.78, 5) is 0. The molecule has 230 valence electrons. The molecule has 0 aliphatic rings. The molecular formula is C45H25N5. The van der Waals surface area contributed by atoms with Crippen LogP contribution in [-0.2, 0) is 0 Å². The fraction of sp³-hybridized carbons (Fsp3) is 0. The van der Waals surface area contributed by atoms with Crippen molar-refractivity contribution in [1.82, 2.24) is 9.13 Å². The molecule has 50 heavy (non-hydrogen) atoms. The molecule has 9 rings (SSSR count). The summed E-state index contributed by atoms with van der Waals surface area (Å²) in [6, 6.07) is 58.1. The van der Waals surface area contributed by atoms with Gasteiger partial charge in [0.1, 0.15) is 12.1 Å². The molecule has 0 unspecified atom stereocenters. The quantitative estimate of drug-likeness (QED) is 0.193. The van der Waals surface area contributed by atoms with Gasteiger partial charge in [0.15, 0.2) is 0 Å². The van der Waals surface area contributed by atoms with E-state index in [9.17, 15) is 15.8 Å². The minimum atomic E-state index is 0.308. The molecule has 7 aromatic carbocycles. The van der Waals surface area contributed by atoms with Crippen molar-refractivity contribution in [2.24, 2.45) is 0 Å². The Kier molecular flexibility index (Phi) is 6.56. The molecule has 0 saturated carbocycles. The van der Waals surface area contributed by atoms with Crippen molar-refractivity contribution < 1.29 is 0 Å². The molecule has 0 aliphatic heterocycles. The standard InChI is InChI=1S/C45H25N5/c46-26-29-16-21-44-40(22-29)38-12-3-6-15-43(38)50(44)45-25-34(28-48)33(27-47)24-39(45)32-9-7-8-31(23-32)30-17-19-35(20-18-30)49-41-13-4-1-10-36(41)37-11-2-5-14-42(37)49/h1-25H. The lowest BCUT2D eigenvalue weighted by Crippen LogP contribution is -2.00. The average molecular weight is 636 g/mol. The first-order valence-corrected chi connectivity index (χ1v) is 16.3. The molecule has 0 radical (unpaired) electrons. The molecule has 5 heteroatoms. The fourth-order valence-corrected chi connectivity index (χ4v) is 7.36. The van der Waals surface area contributed by atoms with Crippen LogP contribution in [0.4, 0.5) is 0 Å². The van der Waals surface area contributed by atoms with Crippen molar-refractivity contribution in [2.75, 3.05) is 0 Å². The Morgan fingerprint density at radius 1 is 0.380 bits per heavy atom. The van der Waals surface area contributed by atoms with Crippen molar-refractivity contribution in [3.8, 4) is 51.8 Å². The lowest BCUT2D eigenvalue weighted by molar-refractivity contribution is 1.17. The van der Waals surface area contributed by atoms with Gasteiger partial charge in [-0.05, 0) is 83.4 Å². The maximum Gasteiger partial charge on any atom is 0.101 e. The van der Waals surface area contributed by atoms with E-state index in [1.807, 2.05) is 66.7 Å². The number of nitriles is 3. The summed E-state index contributed by atoms with van der Waals surface area (Å²) >= 11 is 0. The van der Waals surface area contributed by atoms with E-state index in [1.54, 1.807) is 0 Å². The summed E-state index contributed by atoms with van der Waals surface area (Å²) in [7, 11) is 0. The van der Waals surface area contributed by atoms with E-state index >= 15 is 0 Å². The lowest BCUT2D eigenvalue weighted by Gasteiger charge is -2.16. The normalized spacial score (nSPS) is 11.1. The van der Waals surface area contributed by atoms with Gasteiger partial charge in [-0.2, -0.15) is 15.8 Å². The van der Waals surface area contributed by atoms with Gasteiger partial charge in [-0.3, -0.25) is 0 Å². The molecule has 0 N–H and O–H groups in total. The van der Waals surface area contributed by atoms with E-state index in [2.05, 4.69) is 112 Å². The van der Waals surface area contributed by atoms with Crippen LogP contribution in [0, 0.1) is 34.0 Å². The molecule has 2 aromatic heterocycles. The Labute approximate surface area is 287 Å². The zero-order valence-corrected chi connectivity index (χ0v) is 26.7. The average Bonchev–Trinajstić information content (AvgIpc) is 3.70. The van der Waals surface area contributed by atoms with Gasteiger partial charge < -0.3 is 9.13 Å². The van der Waals surface area contributed by atoms with Crippen LogP contribution in [0.5, 0.6) is 0 Å². The Hall–Kier alpha value is -7.39. The van der Waals surface area contributed by atoms with Gasteiger partial charge in [0.05, 0.1) is 50.5 Å². The zero-order chi connectivity index (χ0) is 33.8. The SMILES string of the molecule is N#Cc1ccc2c(c1)c1ccccc1n2-c1cc(C#N)c(C#N)cc1-c1cccc(-c2ccc(-n3c4ccccc4c4ccccc43)cc2)c1. The number of hydrogen-bond acceptors (Lipinski definition) is 3. The highest BCUT2D eigenvalue weighted by Crippen LogP contribution is 2.39. The Bertz CT molecular complexity index is 2900. The Morgan fingerprint density at radius 3 is 1.58 bits per heavy atom. The molecule has 5 nitrogen and oxygen atoms in total. The van der Waals surface area contributed by atoms with E-state index in [1.165, 1.54) is 21.8 Å². The zero-order valence-electron chi connectivity index (χ0n) is 26.7. The van der Waals surface area contributed by atoms with Gasteiger partial charge in [-0.1, -0.05) is 84.9 Å². The number of para-hydroxylation sites is 3. The van der Waals surface area contributed by atoms with E-state index in [-0.39, 0.29) is 0 Å². The number of benzene rings is 7. The highest BCUT2D eigenvalue weighted by Gasteiger charge is 2.19. The van der Waals surface area contributed by atoms with E-state index in [0.29, 0.717) is 16.7 Å². The molecule has 9 aromatic rings. The van der Waals surface area contributed by atoms with E-state index < -0.39 is 0 Å². The molecule has 0 amide bonds. The van der Waals surface area contributed by atoms with Crippen molar-refractivity contribution in [3.05, 3.63) is 168 Å². The second-order valence-electron chi connectivity index (χ2n) is 12.3. The van der Waals surface area contributed by atoms with Crippen LogP contribution < -0.4 is 0 Å². The predicted molar refractivity (Wildman–Crippen MR) is 200 cm³/mol. The Balaban J connectivity index is 1.21. The van der Waals surface area contributed by atoms with Crippen LogP contribution in [0.15, 0.2) is 152 Å². The van der Waals surface area contributed by atoms with Crippen LogP contribution in [0.2, 0.25) is 0 Å². The summed E-state index contributed by atoms with van der Waals surface area (Å²) in [5.74, 6) is 0. The van der Waals surface area contributed by atoms with Crippen LogP contribution in [0.25, 0.3) is 77.2 Å². The van der Waals surface area contributed by atoms with Gasteiger partial charge in [0, 0.05) is 32.8 Å². The van der Waals surface area contributed by atoms with Crippen LogP contribution in [-0.4, -0.2) is 9.13 Å². The van der Waals surface area contributed by atoms with Gasteiger partial charge in [-0.15, -0.1) is 0 Å². The second kappa shape index (κ2) is 11.4. The summed E-state index contributed by atoms with van der Waals surface area (Å²) in [5, 5.41) is 34.2. The molecule has 0 atom stereocenters. The first-order valence-electron chi connectivity index (χ1n) is 16.3. The summed E-state index contributed by atoms with van der Waals surface area (Å²) < 4.78 is 4.44.